The molecular weight excluding hydrogens is 524 g/mol. The number of pyridine rings is 2. The fraction of sp³-hybridized carbons (Fsp3) is 0.0952. The predicted molar refractivity (Wildman–Crippen MR) is 123 cm³/mol. The topological polar surface area (TPSA) is 90.0 Å². The minimum absolute atomic E-state index is 0.0401. The summed E-state index contributed by atoms with van der Waals surface area (Å²) in [5.41, 5.74) is 3.55. The molecule has 0 unspecified atom stereocenters. The zero-order valence-corrected chi connectivity index (χ0v) is 18.6. The molecule has 0 aliphatic heterocycles. The standard InChI is InChI=1S/C11H7ClN2O.C10H7ClINO/c12-10-3-8-1-7(6-15)2-9(4-13)11(8)14-5-10;11-8-3-7-1-6(5-14)2-9(12)10(7)13-4-8/h1-3,5,15H,6H2;1-4,14H,5H2. The second-order valence-corrected chi connectivity index (χ2v) is 8.13. The average Bonchev–Trinajstić information content (AvgIpc) is 2.72. The van der Waals surface area contributed by atoms with Crippen LogP contribution in [0, 0.1) is 14.9 Å². The van der Waals surface area contributed by atoms with Gasteiger partial charge in [0.2, 0.25) is 0 Å². The SMILES string of the molecule is N#Cc1cc(CO)cc2cc(Cl)cnc12.OCc1cc(I)c2ncc(Cl)cc2c1. The Kier molecular flexibility index (Phi) is 7.22. The first-order valence-electron chi connectivity index (χ1n) is 8.39. The highest BCUT2D eigenvalue weighted by Gasteiger charge is 2.05. The molecule has 0 bridgehead atoms. The van der Waals surface area contributed by atoms with E-state index < -0.39 is 0 Å². The van der Waals surface area contributed by atoms with Gasteiger partial charge in [0.1, 0.15) is 6.07 Å². The lowest BCUT2D eigenvalue weighted by atomic mass is 10.1. The molecule has 0 aliphatic rings. The van der Waals surface area contributed by atoms with Crippen LogP contribution in [0.2, 0.25) is 10.0 Å². The molecule has 0 saturated carbocycles. The van der Waals surface area contributed by atoms with Crippen molar-refractivity contribution < 1.29 is 10.2 Å². The Hall–Kier alpha value is -2.02. The van der Waals surface area contributed by atoms with Gasteiger partial charge in [-0.15, -0.1) is 0 Å². The predicted octanol–water partition coefficient (Wildman–Crippen LogP) is 5.24. The molecule has 4 rings (SSSR count). The Bertz CT molecular complexity index is 1240. The van der Waals surface area contributed by atoms with Gasteiger partial charge in [0.05, 0.1) is 39.9 Å². The molecule has 0 aliphatic carbocycles. The molecule has 0 fully saturated rings. The van der Waals surface area contributed by atoms with E-state index in [9.17, 15) is 0 Å². The molecule has 0 radical (unpaired) electrons. The Morgan fingerprint density at radius 1 is 0.828 bits per heavy atom. The number of aliphatic hydroxyl groups is 2. The number of halogens is 3. The Balaban J connectivity index is 0.000000166. The van der Waals surface area contributed by atoms with E-state index >= 15 is 0 Å². The minimum Gasteiger partial charge on any atom is -0.392 e. The summed E-state index contributed by atoms with van der Waals surface area (Å²) in [4.78, 5) is 8.33. The molecule has 0 saturated heterocycles. The van der Waals surface area contributed by atoms with Crippen LogP contribution >= 0.6 is 45.8 Å². The fourth-order valence-electron chi connectivity index (χ4n) is 2.79. The molecule has 146 valence electrons. The molecule has 2 N–H and O–H groups in total. The van der Waals surface area contributed by atoms with Crippen molar-refractivity contribution in [1.29, 1.82) is 5.26 Å². The van der Waals surface area contributed by atoms with E-state index in [0.29, 0.717) is 26.7 Å². The van der Waals surface area contributed by atoms with Crippen molar-refractivity contribution in [2.24, 2.45) is 0 Å². The molecule has 29 heavy (non-hydrogen) atoms. The van der Waals surface area contributed by atoms with Crippen LogP contribution in [0.25, 0.3) is 21.8 Å². The van der Waals surface area contributed by atoms with E-state index in [2.05, 4.69) is 32.6 Å². The molecule has 2 heterocycles. The second-order valence-electron chi connectivity index (χ2n) is 6.10. The summed E-state index contributed by atoms with van der Waals surface area (Å²) in [6, 6.07) is 12.8. The number of nitriles is 1. The number of benzene rings is 2. The lowest BCUT2D eigenvalue weighted by molar-refractivity contribution is 0.281. The van der Waals surface area contributed by atoms with Gasteiger partial charge in [-0.3, -0.25) is 9.97 Å². The summed E-state index contributed by atoms with van der Waals surface area (Å²) in [6.07, 6.45) is 3.13. The van der Waals surface area contributed by atoms with Crippen LogP contribution in [-0.4, -0.2) is 20.2 Å². The molecular formula is C21H14Cl2IN3O2. The van der Waals surface area contributed by atoms with Crippen molar-refractivity contribution in [3.63, 3.8) is 0 Å². The minimum atomic E-state index is -0.100. The van der Waals surface area contributed by atoms with Crippen LogP contribution in [0.1, 0.15) is 16.7 Å². The first kappa shape index (κ1) is 21.7. The van der Waals surface area contributed by atoms with E-state index in [1.165, 1.54) is 6.20 Å². The molecule has 8 heteroatoms. The maximum absolute atomic E-state index is 9.03. The van der Waals surface area contributed by atoms with Crippen LogP contribution in [0.5, 0.6) is 0 Å². The highest BCUT2D eigenvalue weighted by atomic mass is 127. The summed E-state index contributed by atoms with van der Waals surface area (Å²) in [6.45, 7) is -0.0599. The largest absolute Gasteiger partial charge is 0.392 e. The van der Waals surface area contributed by atoms with Gasteiger partial charge < -0.3 is 10.2 Å². The highest BCUT2D eigenvalue weighted by Crippen LogP contribution is 2.24. The van der Waals surface area contributed by atoms with Crippen LogP contribution in [-0.2, 0) is 13.2 Å². The van der Waals surface area contributed by atoms with Crippen LogP contribution < -0.4 is 0 Å². The fourth-order valence-corrected chi connectivity index (χ4v) is 3.97. The summed E-state index contributed by atoms with van der Waals surface area (Å²) in [5.74, 6) is 0. The Labute approximate surface area is 190 Å². The lowest BCUT2D eigenvalue weighted by Crippen LogP contribution is -1.89. The number of hydrogen-bond acceptors (Lipinski definition) is 5. The zero-order valence-electron chi connectivity index (χ0n) is 14.9. The molecule has 0 atom stereocenters. The summed E-state index contributed by atoms with van der Waals surface area (Å²) in [7, 11) is 0. The van der Waals surface area contributed by atoms with Gasteiger partial charge in [0, 0.05) is 26.7 Å². The van der Waals surface area contributed by atoms with E-state index in [1.807, 2.05) is 24.3 Å². The number of aliphatic hydroxyl groups excluding tert-OH is 2. The highest BCUT2D eigenvalue weighted by molar-refractivity contribution is 14.1. The van der Waals surface area contributed by atoms with E-state index in [4.69, 9.17) is 38.7 Å². The number of hydrogen-bond donors (Lipinski definition) is 2. The quantitative estimate of drug-likeness (QED) is 0.341. The lowest BCUT2D eigenvalue weighted by Gasteiger charge is -2.03. The van der Waals surface area contributed by atoms with Gasteiger partial charge in [0.15, 0.2) is 0 Å². The van der Waals surface area contributed by atoms with Gasteiger partial charge >= 0.3 is 0 Å². The molecule has 0 amide bonds. The van der Waals surface area contributed by atoms with Crippen molar-refractivity contribution in [3.05, 3.63) is 79.1 Å². The molecule has 4 aromatic rings. The van der Waals surface area contributed by atoms with Crippen molar-refractivity contribution in [3.8, 4) is 6.07 Å². The summed E-state index contributed by atoms with van der Waals surface area (Å²) < 4.78 is 1.03. The van der Waals surface area contributed by atoms with Crippen molar-refractivity contribution >= 4 is 67.6 Å². The molecule has 2 aromatic heterocycles. The van der Waals surface area contributed by atoms with Crippen LogP contribution in [0.15, 0.2) is 48.8 Å². The second kappa shape index (κ2) is 9.65. The van der Waals surface area contributed by atoms with Crippen molar-refractivity contribution in [2.75, 3.05) is 0 Å². The van der Waals surface area contributed by atoms with Crippen LogP contribution in [0.3, 0.4) is 0 Å². The van der Waals surface area contributed by atoms with E-state index in [1.54, 1.807) is 24.4 Å². The first-order valence-corrected chi connectivity index (χ1v) is 10.2. The van der Waals surface area contributed by atoms with Gasteiger partial charge in [-0.25, -0.2) is 0 Å². The average molecular weight is 538 g/mol. The number of fused-ring (bicyclic) bond motifs is 2. The molecule has 0 spiro atoms. The third-order valence-corrected chi connectivity index (χ3v) is 5.29. The number of aromatic nitrogens is 2. The van der Waals surface area contributed by atoms with E-state index in [-0.39, 0.29) is 13.2 Å². The Morgan fingerprint density at radius 2 is 1.34 bits per heavy atom. The summed E-state index contributed by atoms with van der Waals surface area (Å²) >= 11 is 13.8. The summed E-state index contributed by atoms with van der Waals surface area (Å²) in [5, 5.41) is 29.8. The monoisotopic (exact) mass is 537 g/mol. The number of nitrogens with zero attached hydrogens (tertiary/aromatic N) is 3. The molecule has 5 nitrogen and oxygen atoms in total. The smallest absolute Gasteiger partial charge is 0.101 e. The maximum atomic E-state index is 9.03. The van der Waals surface area contributed by atoms with Crippen molar-refractivity contribution in [1.82, 2.24) is 9.97 Å². The van der Waals surface area contributed by atoms with Crippen LogP contribution in [0.4, 0.5) is 0 Å². The van der Waals surface area contributed by atoms with Gasteiger partial charge in [0.25, 0.3) is 0 Å². The van der Waals surface area contributed by atoms with Crippen molar-refractivity contribution in [2.45, 2.75) is 13.2 Å². The van der Waals surface area contributed by atoms with E-state index in [0.717, 1.165) is 25.4 Å². The first-order chi connectivity index (χ1) is 13.9. The zero-order chi connectivity index (χ0) is 21.0. The van der Waals surface area contributed by atoms with Gasteiger partial charge in [-0.1, -0.05) is 23.2 Å². The third-order valence-electron chi connectivity index (χ3n) is 4.06. The number of rotatable bonds is 2. The Morgan fingerprint density at radius 3 is 1.90 bits per heavy atom. The molecule has 2 aromatic carbocycles. The third kappa shape index (κ3) is 5.13. The maximum Gasteiger partial charge on any atom is 0.101 e. The van der Waals surface area contributed by atoms with Gasteiger partial charge in [-0.2, -0.15) is 5.26 Å². The normalized spacial score (nSPS) is 10.5. The van der Waals surface area contributed by atoms with Gasteiger partial charge in [-0.05, 0) is 70.1 Å².